The van der Waals surface area contributed by atoms with Gasteiger partial charge in [-0.2, -0.15) is 5.10 Å². The Kier molecular flexibility index (Phi) is 6.50. The van der Waals surface area contributed by atoms with E-state index in [1.54, 1.807) is 43.5 Å². The summed E-state index contributed by atoms with van der Waals surface area (Å²) in [5.41, 5.74) is 3.43. The van der Waals surface area contributed by atoms with E-state index in [4.69, 9.17) is 9.47 Å². The lowest BCUT2D eigenvalue weighted by Crippen LogP contribution is -2.18. The summed E-state index contributed by atoms with van der Waals surface area (Å²) < 4.78 is 10.8. The molecule has 0 aliphatic heterocycles. The van der Waals surface area contributed by atoms with E-state index in [2.05, 4.69) is 10.5 Å². The van der Waals surface area contributed by atoms with Crippen LogP contribution in [0.3, 0.4) is 0 Å². The van der Waals surface area contributed by atoms with Crippen LogP contribution in [0.25, 0.3) is 21.5 Å². The third-order valence-corrected chi connectivity index (χ3v) is 5.93. The molecule has 0 saturated heterocycles. The van der Waals surface area contributed by atoms with Crippen molar-refractivity contribution in [3.05, 3.63) is 114 Å². The number of hydrogen-bond donors (Lipinski definition) is 2. The van der Waals surface area contributed by atoms with E-state index >= 15 is 0 Å². The van der Waals surface area contributed by atoms with Gasteiger partial charge >= 0.3 is 5.97 Å². The molecular weight excluding hydrogens is 468 g/mol. The molecule has 0 fully saturated rings. The molecular formula is C30H22N2O5. The standard InChI is InChI=1S/C30H22N2O5/c1-36-23-13-10-20(11-14-23)30(35)37-28-15-12-19-6-4-5-9-24(19)26(28)18-31-32-29(34)25-16-21-7-2-3-8-22(21)17-27(25)33/h2-18,33H,1H3,(H,32,34)/b31-18-. The Morgan fingerprint density at radius 3 is 2.24 bits per heavy atom. The Morgan fingerprint density at radius 1 is 0.838 bits per heavy atom. The quantitative estimate of drug-likeness (QED) is 0.138. The molecule has 0 radical (unpaired) electrons. The minimum absolute atomic E-state index is 0.0972. The van der Waals surface area contributed by atoms with Crippen molar-refractivity contribution in [1.82, 2.24) is 5.43 Å². The number of hydrogen-bond acceptors (Lipinski definition) is 6. The van der Waals surface area contributed by atoms with Crippen LogP contribution in [0.5, 0.6) is 17.2 Å². The lowest BCUT2D eigenvalue weighted by atomic mass is 10.0. The molecule has 0 bridgehead atoms. The first-order valence-corrected chi connectivity index (χ1v) is 11.5. The van der Waals surface area contributed by atoms with Gasteiger partial charge in [-0.1, -0.05) is 54.6 Å². The highest BCUT2D eigenvalue weighted by molar-refractivity contribution is 6.05. The van der Waals surface area contributed by atoms with E-state index in [1.807, 2.05) is 54.6 Å². The number of fused-ring (bicyclic) bond motifs is 2. The molecule has 0 heterocycles. The number of phenolic OH excluding ortho intramolecular Hbond substituents is 1. The number of aromatic hydroxyl groups is 1. The average molecular weight is 491 g/mol. The van der Waals surface area contributed by atoms with Crippen LogP contribution in [0.2, 0.25) is 0 Å². The largest absolute Gasteiger partial charge is 0.507 e. The van der Waals surface area contributed by atoms with Gasteiger partial charge in [0.05, 0.1) is 24.5 Å². The molecule has 37 heavy (non-hydrogen) atoms. The first-order chi connectivity index (χ1) is 18.0. The van der Waals surface area contributed by atoms with E-state index in [9.17, 15) is 14.7 Å². The number of carbonyl (C=O) groups excluding carboxylic acids is 2. The summed E-state index contributed by atoms with van der Waals surface area (Å²) in [5.74, 6) is -0.353. The summed E-state index contributed by atoms with van der Waals surface area (Å²) in [6, 6.07) is 28.2. The Morgan fingerprint density at radius 2 is 1.51 bits per heavy atom. The van der Waals surface area contributed by atoms with Crippen molar-refractivity contribution in [2.45, 2.75) is 0 Å². The van der Waals surface area contributed by atoms with Crippen LogP contribution in [0.15, 0.2) is 102 Å². The lowest BCUT2D eigenvalue weighted by Gasteiger charge is -2.11. The SMILES string of the molecule is COc1ccc(C(=O)Oc2ccc3ccccc3c2/C=N\NC(=O)c2cc3ccccc3cc2O)cc1. The first-order valence-electron chi connectivity index (χ1n) is 11.5. The topological polar surface area (TPSA) is 97.2 Å². The number of hydrazone groups is 1. The maximum atomic E-state index is 12.8. The van der Waals surface area contributed by atoms with Gasteiger partial charge in [-0.25, -0.2) is 10.2 Å². The number of rotatable bonds is 6. The summed E-state index contributed by atoms with van der Waals surface area (Å²) in [4.78, 5) is 25.6. The molecule has 182 valence electrons. The molecule has 5 rings (SSSR count). The van der Waals surface area contributed by atoms with Gasteiger partial charge in [-0.15, -0.1) is 0 Å². The van der Waals surface area contributed by atoms with Crippen molar-refractivity contribution in [3.63, 3.8) is 0 Å². The second-order valence-electron chi connectivity index (χ2n) is 8.23. The van der Waals surface area contributed by atoms with Crippen molar-refractivity contribution >= 4 is 39.6 Å². The van der Waals surface area contributed by atoms with Crippen LogP contribution >= 0.6 is 0 Å². The Hall–Kier alpha value is -5.17. The highest BCUT2D eigenvalue weighted by Gasteiger charge is 2.15. The smallest absolute Gasteiger partial charge is 0.343 e. The first kappa shape index (κ1) is 23.6. The maximum Gasteiger partial charge on any atom is 0.343 e. The van der Waals surface area contributed by atoms with Gasteiger partial charge in [0.15, 0.2) is 0 Å². The van der Waals surface area contributed by atoms with E-state index in [-0.39, 0.29) is 17.1 Å². The highest BCUT2D eigenvalue weighted by atomic mass is 16.5. The van der Waals surface area contributed by atoms with Crippen molar-refractivity contribution < 1.29 is 24.2 Å². The third kappa shape index (κ3) is 4.97. The van der Waals surface area contributed by atoms with Crippen LogP contribution in [0.1, 0.15) is 26.3 Å². The van der Waals surface area contributed by atoms with Gasteiger partial charge < -0.3 is 14.6 Å². The molecule has 1 amide bonds. The van der Waals surface area contributed by atoms with Crippen LogP contribution in [0, 0.1) is 0 Å². The molecule has 5 aromatic carbocycles. The summed E-state index contributed by atoms with van der Waals surface area (Å²) in [6.07, 6.45) is 1.43. The van der Waals surface area contributed by atoms with Crippen LogP contribution < -0.4 is 14.9 Å². The number of methoxy groups -OCH3 is 1. The van der Waals surface area contributed by atoms with E-state index in [1.165, 1.54) is 12.3 Å². The van der Waals surface area contributed by atoms with E-state index in [0.717, 1.165) is 21.5 Å². The van der Waals surface area contributed by atoms with Crippen molar-refractivity contribution in [1.29, 1.82) is 0 Å². The molecule has 0 aromatic heterocycles. The summed E-state index contributed by atoms with van der Waals surface area (Å²) in [7, 11) is 1.55. The fourth-order valence-electron chi connectivity index (χ4n) is 4.01. The fraction of sp³-hybridized carbons (Fsp3) is 0.0333. The minimum Gasteiger partial charge on any atom is -0.507 e. The van der Waals surface area contributed by atoms with Gasteiger partial charge in [0, 0.05) is 5.56 Å². The summed E-state index contributed by atoms with van der Waals surface area (Å²) >= 11 is 0. The normalized spacial score (nSPS) is 11.1. The van der Waals surface area contributed by atoms with Crippen molar-refractivity contribution in [2.24, 2.45) is 5.10 Å². The molecule has 0 aliphatic rings. The number of nitrogens with one attached hydrogen (secondary N) is 1. The summed E-state index contributed by atoms with van der Waals surface area (Å²) in [6.45, 7) is 0. The number of nitrogens with zero attached hydrogens (tertiary/aromatic N) is 1. The zero-order valence-corrected chi connectivity index (χ0v) is 19.8. The molecule has 7 heteroatoms. The van der Waals surface area contributed by atoms with E-state index in [0.29, 0.717) is 16.9 Å². The molecule has 5 aromatic rings. The van der Waals surface area contributed by atoms with Gasteiger partial charge in [-0.05, 0) is 64.0 Å². The second-order valence-corrected chi connectivity index (χ2v) is 8.23. The number of benzene rings is 5. The molecule has 0 unspecified atom stereocenters. The van der Waals surface area contributed by atoms with Gasteiger partial charge in [0.2, 0.25) is 0 Å². The predicted molar refractivity (Wildman–Crippen MR) is 143 cm³/mol. The molecule has 2 N–H and O–H groups in total. The molecule has 0 atom stereocenters. The lowest BCUT2D eigenvalue weighted by molar-refractivity contribution is 0.0734. The van der Waals surface area contributed by atoms with Crippen molar-refractivity contribution in [2.75, 3.05) is 7.11 Å². The van der Waals surface area contributed by atoms with Gasteiger partial charge in [0.1, 0.15) is 17.2 Å². The Labute approximate surface area is 212 Å². The zero-order chi connectivity index (χ0) is 25.8. The molecule has 0 spiro atoms. The van der Waals surface area contributed by atoms with Crippen molar-refractivity contribution in [3.8, 4) is 17.2 Å². The highest BCUT2D eigenvalue weighted by Crippen LogP contribution is 2.28. The van der Waals surface area contributed by atoms with Crippen LogP contribution in [-0.2, 0) is 0 Å². The molecule has 0 aliphatic carbocycles. The summed E-state index contributed by atoms with van der Waals surface area (Å²) in [5, 5.41) is 17.8. The average Bonchev–Trinajstić information content (AvgIpc) is 2.93. The van der Waals surface area contributed by atoms with Gasteiger partial charge in [-0.3, -0.25) is 4.79 Å². The number of ether oxygens (including phenoxy) is 2. The minimum atomic E-state index is -0.573. The number of phenols is 1. The van der Waals surface area contributed by atoms with Crippen LogP contribution in [-0.4, -0.2) is 30.3 Å². The predicted octanol–water partition coefficient (Wildman–Crippen LogP) is 5.69. The number of esters is 1. The second kappa shape index (κ2) is 10.2. The number of amides is 1. The monoisotopic (exact) mass is 490 g/mol. The van der Waals surface area contributed by atoms with Crippen LogP contribution in [0.4, 0.5) is 0 Å². The van der Waals surface area contributed by atoms with E-state index < -0.39 is 11.9 Å². The molecule has 7 nitrogen and oxygen atoms in total. The molecule has 0 saturated carbocycles. The Balaban J connectivity index is 1.42. The Bertz CT molecular complexity index is 1660. The fourth-order valence-corrected chi connectivity index (χ4v) is 4.01. The number of carbonyl (C=O) groups is 2. The van der Waals surface area contributed by atoms with Gasteiger partial charge in [0.25, 0.3) is 5.91 Å². The maximum absolute atomic E-state index is 12.8. The zero-order valence-electron chi connectivity index (χ0n) is 19.8. The third-order valence-electron chi connectivity index (χ3n) is 5.93.